The molecule has 0 aliphatic carbocycles. The van der Waals surface area contributed by atoms with Gasteiger partial charge in [-0.25, -0.2) is 0 Å². The average molecular weight is 1480 g/mol. The normalized spacial score (nSPS) is 11.8. The summed E-state index contributed by atoms with van der Waals surface area (Å²) in [6, 6.07) is 7.82. The molecule has 0 spiro atoms. The Hall–Kier alpha value is -0.980. The van der Waals surface area contributed by atoms with Crippen molar-refractivity contribution in [3.63, 3.8) is 0 Å². The molecule has 1 rings (SSSR count). The molecular weight excluding hydrogens is 1280 g/mol. The van der Waals surface area contributed by atoms with Gasteiger partial charge in [-0.15, -0.1) is 0 Å². The van der Waals surface area contributed by atoms with Crippen LogP contribution in [-0.2, 0) is 6.42 Å². The lowest BCUT2D eigenvalue weighted by atomic mass is 10.0. The van der Waals surface area contributed by atoms with Gasteiger partial charge < -0.3 is 5.11 Å². The number of hydrogen-bond acceptors (Lipinski definition) is 1. The topological polar surface area (TPSA) is 20.2 Å². The number of benzene rings is 1. The third kappa shape index (κ3) is 90.2. The molecule has 0 radical (unpaired) electrons. The van der Waals surface area contributed by atoms with Crippen LogP contribution in [0.3, 0.4) is 0 Å². The molecule has 106 heavy (non-hydrogen) atoms. The molecule has 0 aliphatic rings. The van der Waals surface area contributed by atoms with Crippen molar-refractivity contribution in [3.05, 3.63) is 29.8 Å². The van der Waals surface area contributed by atoms with Gasteiger partial charge in [-0.1, -0.05) is 642 Å². The summed E-state index contributed by atoms with van der Waals surface area (Å²) in [7, 11) is 0. The van der Waals surface area contributed by atoms with E-state index >= 15 is 0 Å². The highest BCUT2D eigenvalue weighted by molar-refractivity contribution is 5.31. The minimum Gasteiger partial charge on any atom is -0.508 e. The average Bonchev–Trinajstić information content (AvgIpc) is 1.03. The smallest absolute Gasteiger partial charge is 0.118 e. The molecule has 0 amide bonds. The van der Waals surface area contributed by atoms with E-state index in [1.807, 2.05) is 18.2 Å². The first-order valence-electron chi connectivity index (χ1n) is 51.6. The van der Waals surface area contributed by atoms with E-state index in [0.29, 0.717) is 5.75 Å². The van der Waals surface area contributed by atoms with Crippen molar-refractivity contribution in [1.82, 2.24) is 0 Å². The van der Waals surface area contributed by atoms with Gasteiger partial charge in [0.2, 0.25) is 0 Å². The number of rotatable bonds is 98. The summed E-state index contributed by atoms with van der Waals surface area (Å²) in [5.41, 5.74) is 1.11. The van der Waals surface area contributed by atoms with Crippen molar-refractivity contribution >= 4 is 0 Å². The summed E-state index contributed by atoms with van der Waals surface area (Å²) in [6.07, 6.45) is 145. The fourth-order valence-corrected chi connectivity index (χ4v) is 17.9. The Morgan fingerprint density at radius 1 is 0.132 bits per heavy atom. The Morgan fingerprint density at radius 3 is 0.330 bits per heavy atom. The van der Waals surface area contributed by atoms with Crippen LogP contribution in [0.2, 0.25) is 0 Å². The van der Waals surface area contributed by atoms with Gasteiger partial charge in [-0.05, 0) is 24.5 Å². The van der Waals surface area contributed by atoms with Gasteiger partial charge in [-0.3, -0.25) is 0 Å². The van der Waals surface area contributed by atoms with Crippen LogP contribution in [0.1, 0.15) is 635 Å². The number of aromatic hydroxyl groups is 1. The first-order valence-corrected chi connectivity index (χ1v) is 51.6. The van der Waals surface area contributed by atoms with Crippen molar-refractivity contribution in [3.8, 4) is 5.75 Å². The molecule has 0 bridgehead atoms. The number of para-hydroxylation sites is 1. The molecule has 630 valence electrons. The summed E-state index contributed by atoms with van der Waals surface area (Å²) in [5.74, 6) is 0.469. The Morgan fingerprint density at radius 2 is 0.226 bits per heavy atom. The highest BCUT2D eigenvalue weighted by Crippen LogP contribution is 2.25. The SMILES string of the molecule is CCCCCCCCCCCCCCCCCCCCCCCCCCCCCCCCCCCCCCCCCCCCCCCCCCCCCCCCCCCCCCCCCCCCCCCCCCCCCCCCCCCCCCCCCCCCCCCCCCCc1ccccc1O. The van der Waals surface area contributed by atoms with E-state index in [1.54, 1.807) is 0 Å². The molecule has 1 N–H and O–H groups in total. The Kier molecular flexibility index (Phi) is 93.7. The van der Waals surface area contributed by atoms with Crippen LogP contribution < -0.4 is 0 Å². The second kappa shape index (κ2) is 96.4. The van der Waals surface area contributed by atoms with Crippen molar-refractivity contribution in [2.75, 3.05) is 0 Å². The van der Waals surface area contributed by atoms with Crippen LogP contribution in [0.15, 0.2) is 24.3 Å². The summed E-state index contributed by atoms with van der Waals surface area (Å²) >= 11 is 0. The molecule has 1 heteroatoms. The van der Waals surface area contributed by atoms with E-state index in [1.165, 1.54) is 623 Å². The minimum atomic E-state index is 0.469. The van der Waals surface area contributed by atoms with Crippen LogP contribution in [0.25, 0.3) is 0 Å². The van der Waals surface area contributed by atoms with Gasteiger partial charge in [0.05, 0.1) is 0 Å². The molecule has 0 fully saturated rings. The molecule has 0 unspecified atom stereocenters. The third-order valence-electron chi connectivity index (χ3n) is 25.5. The fourth-order valence-electron chi connectivity index (χ4n) is 17.9. The molecule has 1 aromatic rings. The highest BCUT2D eigenvalue weighted by Gasteiger charge is 2.05. The lowest BCUT2D eigenvalue weighted by Gasteiger charge is -2.05. The second-order valence-electron chi connectivity index (χ2n) is 36.3. The largest absolute Gasteiger partial charge is 0.508 e. The van der Waals surface area contributed by atoms with E-state index in [0.717, 1.165) is 12.0 Å². The van der Waals surface area contributed by atoms with Crippen molar-refractivity contribution in [2.24, 2.45) is 0 Å². The third-order valence-corrected chi connectivity index (χ3v) is 25.5. The summed E-state index contributed by atoms with van der Waals surface area (Å²) in [5, 5.41) is 9.90. The number of phenolic OH excluding ortho intramolecular Hbond substituents is 1. The molecule has 0 aliphatic heterocycles. The zero-order valence-electron chi connectivity index (χ0n) is 74.1. The van der Waals surface area contributed by atoms with E-state index < -0.39 is 0 Å². The summed E-state index contributed by atoms with van der Waals surface area (Å²) in [4.78, 5) is 0. The molecule has 0 aromatic heterocycles. The van der Waals surface area contributed by atoms with E-state index in [-0.39, 0.29) is 0 Å². The van der Waals surface area contributed by atoms with Crippen molar-refractivity contribution < 1.29 is 5.11 Å². The van der Waals surface area contributed by atoms with Crippen molar-refractivity contribution in [1.29, 1.82) is 0 Å². The van der Waals surface area contributed by atoms with Crippen molar-refractivity contribution in [2.45, 2.75) is 636 Å². The number of unbranched alkanes of at least 4 members (excludes halogenated alkanes) is 96. The Balaban J connectivity index is 1.58. The fraction of sp³-hybridized carbons (Fsp3) is 0.943. The predicted octanol–water partition coefficient (Wildman–Crippen LogP) is 39.8. The maximum atomic E-state index is 9.90. The van der Waals surface area contributed by atoms with Crippen LogP contribution >= 0.6 is 0 Å². The van der Waals surface area contributed by atoms with Gasteiger partial charge in [0, 0.05) is 0 Å². The van der Waals surface area contributed by atoms with Gasteiger partial charge in [0.1, 0.15) is 5.75 Å². The molecule has 0 heterocycles. The monoisotopic (exact) mass is 1480 g/mol. The summed E-state index contributed by atoms with van der Waals surface area (Å²) < 4.78 is 0. The molecular formula is C105H204O. The van der Waals surface area contributed by atoms with E-state index in [2.05, 4.69) is 13.0 Å². The lowest BCUT2D eigenvalue weighted by Crippen LogP contribution is -1.87. The van der Waals surface area contributed by atoms with Crippen LogP contribution in [0.5, 0.6) is 5.75 Å². The maximum absolute atomic E-state index is 9.90. The highest BCUT2D eigenvalue weighted by atomic mass is 16.3. The predicted molar refractivity (Wildman–Crippen MR) is 485 cm³/mol. The molecule has 0 atom stereocenters. The molecule has 0 saturated carbocycles. The van der Waals surface area contributed by atoms with Crippen LogP contribution in [0.4, 0.5) is 0 Å². The van der Waals surface area contributed by atoms with E-state index in [9.17, 15) is 5.11 Å². The zero-order valence-corrected chi connectivity index (χ0v) is 74.1. The van der Waals surface area contributed by atoms with Gasteiger partial charge in [-0.2, -0.15) is 0 Å². The number of aryl methyl sites for hydroxylation is 1. The first kappa shape index (κ1) is 103. The van der Waals surface area contributed by atoms with Crippen LogP contribution in [0, 0.1) is 0 Å². The standard InChI is InChI=1S/C105H204O/c1-2-3-4-5-6-7-8-9-10-11-12-13-14-15-16-17-18-19-20-21-22-23-24-25-26-27-28-29-30-31-32-33-34-35-36-37-38-39-40-41-42-43-44-45-46-47-48-49-50-51-52-53-54-55-56-57-58-59-60-61-62-63-64-65-66-67-68-69-70-71-72-73-74-75-76-77-78-79-80-81-82-83-84-85-86-87-88-89-90-91-92-93-94-95-96-97-98-101-104-102-99-100-103-105(104)106/h99-100,102-103,106H,2-98,101H2,1H3. The minimum absolute atomic E-state index is 0.469. The van der Waals surface area contributed by atoms with Gasteiger partial charge >= 0.3 is 0 Å². The summed E-state index contributed by atoms with van der Waals surface area (Å²) in [6.45, 7) is 2.32. The first-order chi connectivity index (χ1) is 52.8. The molecule has 1 nitrogen and oxygen atoms in total. The Bertz CT molecular complexity index is 1650. The van der Waals surface area contributed by atoms with Gasteiger partial charge in [0.25, 0.3) is 0 Å². The number of hydrogen-bond donors (Lipinski definition) is 1. The zero-order chi connectivity index (χ0) is 75.3. The molecule has 1 aromatic carbocycles. The lowest BCUT2D eigenvalue weighted by molar-refractivity contribution is 0.465. The van der Waals surface area contributed by atoms with Crippen LogP contribution in [-0.4, -0.2) is 5.11 Å². The van der Waals surface area contributed by atoms with E-state index in [4.69, 9.17) is 0 Å². The maximum Gasteiger partial charge on any atom is 0.118 e. The Labute approximate surface area is 672 Å². The number of phenols is 1. The van der Waals surface area contributed by atoms with Gasteiger partial charge in [0.15, 0.2) is 0 Å². The molecule has 0 saturated heterocycles. The second-order valence-corrected chi connectivity index (χ2v) is 36.3. The quantitative estimate of drug-likeness (QED) is 0.0645.